The van der Waals surface area contributed by atoms with E-state index >= 15 is 0 Å². The van der Waals surface area contributed by atoms with Crippen molar-refractivity contribution in [2.24, 2.45) is 11.1 Å². The van der Waals surface area contributed by atoms with Gasteiger partial charge in [-0.1, -0.05) is 36.7 Å². The summed E-state index contributed by atoms with van der Waals surface area (Å²) in [6, 6.07) is 1.59. The molecule has 3 heteroatoms. The van der Waals surface area contributed by atoms with Crippen molar-refractivity contribution in [1.29, 1.82) is 0 Å². The van der Waals surface area contributed by atoms with Crippen molar-refractivity contribution in [2.75, 3.05) is 0 Å². The van der Waals surface area contributed by atoms with E-state index in [0.717, 1.165) is 21.2 Å². The smallest absolute Gasteiger partial charge is 0.120 e. The highest BCUT2D eigenvalue weighted by atomic mass is 79.9. The molecule has 0 spiro atoms. The largest absolute Gasteiger partial charge is 0.508 e. The molecule has 0 amide bonds. The molecule has 1 aromatic rings. The van der Waals surface area contributed by atoms with Crippen LogP contribution in [0, 0.1) is 19.3 Å². The molecule has 0 aliphatic rings. The maximum atomic E-state index is 10.0. The first-order chi connectivity index (χ1) is 7.16. The van der Waals surface area contributed by atoms with Gasteiger partial charge in [-0.3, -0.25) is 0 Å². The molecule has 1 atom stereocenters. The Bertz CT molecular complexity index is 407. The van der Waals surface area contributed by atoms with Gasteiger partial charge < -0.3 is 10.8 Å². The second kappa shape index (κ2) is 4.38. The van der Waals surface area contributed by atoms with Gasteiger partial charge in [-0.05, 0) is 36.5 Å². The summed E-state index contributed by atoms with van der Waals surface area (Å²) >= 11 is 3.53. The fourth-order valence-corrected chi connectivity index (χ4v) is 2.11. The zero-order valence-corrected chi connectivity index (χ0v) is 12.1. The molecule has 0 saturated carbocycles. The number of aromatic hydroxyl groups is 1. The lowest BCUT2D eigenvalue weighted by molar-refractivity contribution is 0.316. The van der Waals surface area contributed by atoms with Crippen LogP contribution in [0.2, 0.25) is 0 Å². The number of aryl methyl sites for hydroxylation is 1. The maximum absolute atomic E-state index is 10.0. The Morgan fingerprint density at radius 1 is 1.31 bits per heavy atom. The van der Waals surface area contributed by atoms with Gasteiger partial charge >= 0.3 is 0 Å². The summed E-state index contributed by atoms with van der Waals surface area (Å²) in [5.41, 5.74) is 9.03. The minimum atomic E-state index is -0.176. The molecular weight excluding hydrogens is 266 g/mol. The molecule has 1 rings (SSSR count). The number of benzene rings is 1. The molecule has 2 nitrogen and oxygen atoms in total. The van der Waals surface area contributed by atoms with E-state index in [-0.39, 0.29) is 11.5 Å². The van der Waals surface area contributed by atoms with Crippen LogP contribution < -0.4 is 5.73 Å². The number of phenolic OH excluding ortho intramolecular Hbond substituents is 1. The molecule has 16 heavy (non-hydrogen) atoms. The van der Waals surface area contributed by atoms with Crippen LogP contribution in [-0.4, -0.2) is 5.11 Å². The fraction of sp³-hybridized carbons (Fsp3) is 0.538. The lowest BCUT2D eigenvalue weighted by Crippen LogP contribution is -2.27. The summed E-state index contributed by atoms with van der Waals surface area (Å²) < 4.78 is 1.03. The molecule has 0 aliphatic heterocycles. The Labute approximate surface area is 106 Å². The molecule has 0 saturated heterocycles. The number of hydrogen-bond donors (Lipinski definition) is 2. The molecule has 0 aromatic heterocycles. The minimum absolute atomic E-state index is 0.0725. The Balaban J connectivity index is 3.40. The Hall–Kier alpha value is -0.540. The molecule has 0 aliphatic carbocycles. The summed E-state index contributed by atoms with van der Waals surface area (Å²) in [6.07, 6.45) is 0. The van der Waals surface area contributed by atoms with Crippen molar-refractivity contribution in [1.82, 2.24) is 0 Å². The molecule has 90 valence electrons. The van der Waals surface area contributed by atoms with Crippen LogP contribution in [0.3, 0.4) is 0 Å². The van der Waals surface area contributed by atoms with Crippen LogP contribution in [0.5, 0.6) is 5.75 Å². The molecule has 0 bridgehead atoms. The third kappa shape index (κ3) is 2.41. The predicted octanol–water partition coefficient (Wildman–Crippen LogP) is 3.82. The van der Waals surface area contributed by atoms with Crippen molar-refractivity contribution in [3.63, 3.8) is 0 Å². The summed E-state index contributed by atoms with van der Waals surface area (Å²) in [5.74, 6) is 0.292. The summed E-state index contributed by atoms with van der Waals surface area (Å²) in [7, 11) is 0. The van der Waals surface area contributed by atoms with E-state index in [0.29, 0.717) is 5.75 Å². The van der Waals surface area contributed by atoms with E-state index in [9.17, 15) is 5.11 Å². The fourth-order valence-electron chi connectivity index (χ4n) is 1.78. The van der Waals surface area contributed by atoms with E-state index in [1.165, 1.54) is 0 Å². The quantitative estimate of drug-likeness (QED) is 0.824. The van der Waals surface area contributed by atoms with Gasteiger partial charge in [0.15, 0.2) is 0 Å². The summed E-state index contributed by atoms with van der Waals surface area (Å²) in [5, 5.41) is 10.0. The molecule has 3 N–H and O–H groups in total. The first kappa shape index (κ1) is 13.5. The number of halogens is 1. The van der Waals surface area contributed by atoms with Gasteiger partial charge in [-0.25, -0.2) is 0 Å². The van der Waals surface area contributed by atoms with Gasteiger partial charge in [-0.2, -0.15) is 0 Å². The van der Waals surface area contributed by atoms with Gasteiger partial charge in [0.05, 0.1) is 0 Å². The SMILES string of the molecule is Cc1cc(O)c([C@@H](N)C(C)(C)C)c(C)c1Br. The van der Waals surface area contributed by atoms with Gasteiger partial charge in [0.1, 0.15) is 5.75 Å². The lowest BCUT2D eigenvalue weighted by atomic mass is 9.81. The first-order valence-corrected chi connectivity index (χ1v) is 6.19. The van der Waals surface area contributed by atoms with Crippen LogP contribution in [0.4, 0.5) is 0 Å². The highest BCUT2D eigenvalue weighted by molar-refractivity contribution is 9.10. The van der Waals surface area contributed by atoms with Crippen LogP contribution in [0.1, 0.15) is 43.5 Å². The molecule has 1 aromatic carbocycles. The molecule has 0 heterocycles. The third-order valence-corrected chi connectivity index (χ3v) is 4.17. The van der Waals surface area contributed by atoms with Crippen LogP contribution in [0.25, 0.3) is 0 Å². The highest BCUT2D eigenvalue weighted by Gasteiger charge is 2.27. The van der Waals surface area contributed by atoms with Crippen LogP contribution >= 0.6 is 15.9 Å². The van der Waals surface area contributed by atoms with Crippen molar-refractivity contribution in [3.05, 3.63) is 27.2 Å². The highest BCUT2D eigenvalue weighted by Crippen LogP contribution is 2.40. The standard InChI is InChI=1S/C13H20BrNO/c1-7-6-9(16)10(8(2)11(7)14)12(15)13(3,4)5/h6,12,16H,15H2,1-5H3/t12-/m1/s1. The Kier molecular flexibility index (Phi) is 3.70. The average molecular weight is 286 g/mol. The average Bonchev–Trinajstić information content (AvgIpc) is 2.13. The normalized spacial score (nSPS) is 13.9. The Morgan fingerprint density at radius 2 is 1.81 bits per heavy atom. The lowest BCUT2D eigenvalue weighted by Gasteiger charge is -2.30. The maximum Gasteiger partial charge on any atom is 0.120 e. The van der Waals surface area contributed by atoms with Crippen LogP contribution in [-0.2, 0) is 0 Å². The summed E-state index contributed by atoms with van der Waals surface area (Å²) in [4.78, 5) is 0. The van der Waals surface area contributed by atoms with E-state index in [1.54, 1.807) is 6.07 Å². The van der Waals surface area contributed by atoms with Crippen molar-refractivity contribution < 1.29 is 5.11 Å². The van der Waals surface area contributed by atoms with Crippen LogP contribution in [0.15, 0.2) is 10.5 Å². The Morgan fingerprint density at radius 3 is 2.25 bits per heavy atom. The van der Waals surface area contributed by atoms with Gasteiger partial charge in [-0.15, -0.1) is 0 Å². The monoisotopic (exact) mass is 285 g/mol. The molecular formula is C13H20BrNO. The van der Waals surface area contributed by atoms with Crippen molar-refractivity contribution in [3.8, 4) is 5.75 Å². The van der Waals surface area contributed by atoms with Gasteiger partial charge in [0.25, 0.3) is 0 Å². The number of rotatable bonds is 1. The third-order valence-electron chi connectivity index (χ3n) is 2.95. The zero-order chi connectivity index (χ0) is 12.7. The molecule has 0 radical (unpaired) electrons. The first-order valence-electron chi connectivity index (χ1n) is 5.40. The minimum Gasteiger partial charge on any atom is -0.508 e. The van der Waals surface area contributed by atoms with Crippen molar-refractivity contribution >= 4 is 15.9 Å². The number of phenols is 1. The molecule has 0 fully saturated rings. The summed E-state index contributed by atoms with van der Waals surface area (Å²) in [6.45, 7) is 10.2. The van der Waals surface area contributed by atoms with Crippen molar-refractivity contribution in [2.45, 2.75) is 40.7 Å². The van der Waals surface area contributed by atoms with E-state index in [1.807, 2.05) is 13.8 Å². The van der Waals surface area contributed by atoms with Gasteiger partial charge in [0.2, 0.25) is 0 Å². The van der Waals surface area contributed by atoms with E-state index in [2.05, 4.69) is 36.7 Å². The molecule has 0 unspecified atom stereocenters. The van der Waals surface area contributed by atoms with E-state index in [4.69, 9.17) is 5.73 Å². The second-order valence-electron chi connectivity index (χ2n) is 5.41. The predicted molar refractivity (Wildman–Crippen MR) is 71.7 cm³/mol. The topological polar surface area (TPSA) is 46.2 Å². The zero-order valence-electron chi connectivity index (χ0n) is 10.6. The van der Waals surface area contributed by atoms with Gasteiger partial charge in [0, 0.05) is 16.1 Å². The number of hydrogen-bond acceptors (Lipinski definition) is 2. The van der Waals surface area contributed by atoms with E-state index < -0.39 is 0 Å². The second-order valence-corrected chi connectivity index (χ2v) is 6.20. The number of nitrogens with two attached hydrogens (primary N) is 1.